The number of carbonyl (C=O) groups excluding carboxylic acids is 1. The Labute approximate surface area is 259 Å². The molecule has 44 heavy (non-hydrogen) atoms. The number of carbonyl (C=O) groups is 1. The number of ether oxygens (including phenoxy) is 2. The Hall–Kier alpha value is -4.18. The van der Waals surface area contributed by atoms with Crippen LogP contribution in [0.15, 0.2) is 72.1 Å². The van der Waals surface area contributed by atoms with Crippen molar-refractivity contribution < 1.29 is 18.7 Å². The molecule has 0 spiro atoms. The summed E-state index contributed by atoms with van der Waals surface area (Å²) >= 11 is 1.58. The molecule has 7 rings (SSSR count). The third kappa shape index (κ3) is 5.83. The van der Waals surface area contributed by atoms with E-state index in [1.54, 1.807) is 17.4 Å². The Morgan fingerprint density at radius 1 is 0.955 bits per heavy atom. The number of rotatable bonds is 10. The number of thiophene rings is 1. The predicted octanol–water partition coefficient (Wildman–Crippen LogP) is 6.05. The maximum absolute atomic E-state index is 14.3. The maximum atomic E-state index is 14.3. The largest absolute Gasteiger partial charge is 0.490 e. The summed E-state index contributed by atoms with van der Waals surface area (Å²) in [5, 5.41) is 18.7. The number of nitrogens with zero attached hydrogens (tertiary/aromatic N) is 2. The van der Waals surface area contributed by atoms with Gasteiger partial charge in [0.25, 0.3) is 0 Å². The molecule has 0 fully saturated rings. The van der Waals surface area contributed by atoms with Crippen LogP contribution in [0.3, 0.4) is 0 Å². The highest BCUT2D eigenvalue weighted by Gasteiger charge is 2.27. The molecule has 1 aliphatic carbocycles. The Morgan fingerprint density at radius 2 is 1.86 bits per heavy atom. The van der Waals surface area contributed by atoms with E-state index in [1.165, 1.54) is 28.8 Å². The lowest BCUT2D eigenvalue weighted by atomic mass is 9.96. The van der Waals surface area contributed by atoms with E-state index in [0.29, 0.717) is 36.8 Å². The quantitative estimate of drug-likeness (QED) is 0.188. The number of fused-ring (bicyclic) bond motifs is 3. The van der Waals surface area contributed by atoms with Crippen LogP contribution in [0.1, 0.15) is 34.6 Å². The van der Waals surface area contributed by atoms with Gasteiger partial charge in [0, 0.05) is 35.7 Å². The maximum Gasteiger partial charge on any atom is 0.227 e. The summed E-state index contributed by atoms with van der Waals surface area (Å²) < 4.78 is 27.0. The summed E-state index contributed by atoms with van der Waals surface area (Å²) in [4.78, 5) is 12.7. The van der Waals surface area contributed by atoms with E-state index in [2.05, 4.69) is 51.2 Å². The minimum Gasteiger partial charge on any atom is -0.490 e. The number of halogens is 1. The molecule has 0 bridgehead atoms. The van der Waals surface area contributed by atoms with Gasteiger partial charge < -0.3 is 20.1 Å². The van der Waals surface area contributed by atoms with Crippen LogP contribution < -0.4 is 15.4 Å². The normalized spacial score (nSPS) is 15.6. The van der Waals surface area contributed by atoms with Crippen molar-refractivity contribution in [2.45, 2.75) is 31.7 Å². The van der Waals surface area contributed by atoms with Crippen molar-refractivity contribution in [1.82, 2.24) is 20.8 Å². The Bertz CT molecular complexity index is 1820. The highest BCUT2D eigenvalue weighted by atomic mass is 32.1. The van der Waals surface area contributed by atoms with E-state index < -0.39 is 5.82 Å². The molecule has 2 aliphatic rings. The molecule has 2 aromatic heterocycles. The summed E-state index contributed by atoms with van der Waals surface area (Å²) in [6.07, 6.45) is 2.77. The SMILES string of the molecule is O=C(NCCOCCOc1cc(F)ccc1-c1nnc(-c2ccc3c(c2)CCNC3)c2ccsc12)C1CCc2ccccc21. The van der Waals surface area contributed by atoms with E-state index in [-0.39, 0.29) is 18.4 Å². The molecular formula is C35H33FN4O3S. The van der Waals surface area contributed by atoms with Gasteiger partial charge in [-0.05, 0) is 77.7 Å². The van der Waals surface area contributed by atoms with Crippen molar-refractivity contribution in [3.05, 3.63) is 100 Å². The molecule has 3 heterocycles. The van der Waals surface area contributed by atoms with Crippen LogP contribution in [-0.4, -0.2) is 49.0 Å². The molecular weight excluding hydrogens is 575 g/mol. The fourth-order valence-corrected chi connectivity index (χ4v) is 7.11. The van der Waals surface area contributed by atoms with Gasteiger partial charge >= 0.3 is 0 Å². The first-order valence-corrected chi connectivity index (χ1v) is 16.0. The molecule has 1 atom stereocenters. The minimum absolute atomic E-state index is 0.0372. The molecule has 0 radical (unpaired) electrons. The Morgan fingerprint density at radius 3 is 2.82 bits per heavy atom. The monoisotopic (exact) mass is 608 g/mol. The van der Waals surface area contributed by atoms with Crippen LogP contribution in [0.2, 0.25) is 0 Å². The number of aromatic nitrogens is 2. The topological polar surface area (TPSA) is 85.4 Å². The van der Waals surface area contributed by atoms with E-state index in [0.717, 1.165) is 59.3 Å². The van der Waals surface area contributed by atoms with Crippen LogP contribution in [-0.2, 0) is 28.9 Å². The average Bonchev–Trinajstić information content (AvgIpc) is 3.72. The third-order valence-electron chi connectivity index (χ3n) is 8.43. The molecule has 224 valence electrons. The third-order valence-corrected chi connectivity index (χ3v) is 9.35. The van der Waals surface area contributed by atoms with Crippen LogP contribution in [0.5, 0.6) is 5.75 Å². The molecule has 0 saturated heterocycles. The van der Waals surface area contributed by atoms with Gasteiger partial charge in [0.15, 0.2) is 0 Å². The van der Waals surface area contributed by atoms with Crippen molar-refractivity contribution in [2.24, 2.45) is 0 Å². The number of hydrogen-bond donors (Lipinski definition) is 2. The predicted molar refractivity (Wildman–Crippen MR) is 170 cm³/mol. The second kappa shape index (κ2) is 12.8. The standard InChI is InChI=1S/C35H33FN4O3S/c36-26-8-10-29(31(20-26)43-17-16-42-15-14-38-35(41)28-9-7-22-3-1-2-4-27(22)28)33-34-30(12-18-44-34)32(39-40-33)24-5-6-25-21-37-13-11-23(25)19-24/h1-6,8,10,12,18-20,28,37H,7,9,11,13-17,21H2,(H,38,41). The highest BCUT2D eigenvalue weighted by molar-refractivity contribution is 7.17. The minimum atomic E-state index is -0.392. The smallest absolute Gasteiger partial charge is 0.227 e. The lowest BCUT2D eigenvalue weighted by Crippen LogP contribution is -2.31. The van der Waals surface area contributed by atoms with Crippen LogP contribution >= 0.6 is 11.3 Å². The van der Waals surface area contributed by atoms with Gasteiger partial charge in [-0.25, -0.2) is 4.39 Å². The second-order valence-electron chi connectivity index (χ2n) is 11.2. The van der Waals surface area contributed by atoms with Gasteiger partial charge in [-0.1, -0.05) is 36.4 Å². The molecule has 7 nitrogen and oxygen atoms in total. The zero-order chi connectivity index (χ0) is 29.9. The fourth-order valence-electron chi connectivity index (χ4n) is 6.22. The molecule has 9 heteroatoms. The van der Waals surface area contributed by atoms with E-state index in [9.17, 15) is 9.18 Å². The van der Waals surface area contributed by atoms with Crippen molar-refractivity contribution in [2.75, 3.05) is 32.9 Å². The highest BCUT2D eigenvalue weighted by Crippen LogP contribution is 2.40. The average molecular weight is 609 g/mol. The lowest BCUT2D eigenvalue weighted by molar-refractivity contribution is -0.122. The van der Waals surface area contributed by atoms with Gasteiger partial charge in [0.1, 0.15) is 29.6 Å². The van der Waals surface area contributed by atoms with Crippen LogP contribution in [0.25, 0.3) is 32.6 Å². The fraction of sp³-hybridized carbons (Fsp3) is 0.286. The van der Waals surface area contributed by atoms with Crippen molar-refractivity contribution >= 4 is 27.3 Å². The molecule has 3 aromatic carbocycles. The molecule has 2 N–H and O–H groups in total. The van der Waals surface area contributed by atoms with Gasteiger partial charge in [-0.15, -0.1) is 21.5 Å². The second-order valence-corrected chi connectivity index (χ2v) is 12.1. The van der Waals surface area contributed by atoms with Gasteiger partial charge in [-0.2, -0.15) is 0 Å². The summed E-state index contributed by atoms with van der Waals surface area (Å²) in [6.45, 7) is 3.16. The number of amides is 1. The number of nitrogens with one attached hydrogen (secondary N) is 2. The first-order valence-electron chi connectivity index (χ1n) is 15.1. The molecule has 1 amide bonds. The van der Waals surface area contributed by atoms with Gasteiger partial charge in [-0.3, -0.25) is 4.79 Å². The molecule has 5 aromatic rings. The lowest BCUT2D eigenvalue weighted by Gasteiger charge is -2.18. The summed E-state index contributed by atoms with van der Waals surface area (Å²) in [5.41, 5.74) is 8.27. The van der Waals surface area contributed by atoms with E-state index >= 15 is 0 Å². The van der Waals surface area contributed by atoms with Crippen LogP contribution in [0, 0.1) is 5.82 Å². The van der Waals surface area contributed by atoms with Gasteiger partial charge in [0.2, 0.25) is 5.91 Å². The van der Waals surface area contributed by atoms with E-state index in [4.69, 9.17) is 9.47 Å². The zero-order valence-corrected chi connectivity index (χ0v) is 25.1. The molecule has 1 unspecified atom stereocenters. The zero-order valence-electron chi connectivity index (χ0n) is 24.3. The summed E-state index contributed by atoms with van der Waals surface area (Å²) in [5.74, 6) is -0.0603. The number of hydrogen-bond acceptors (Lipinski definition) is 7. The van der Waals surface area contributed by atoms with Crippen molar-refractivity contribution in [3.8, 4) is 28.3 Å². The Kier molecular flexibility index (Phi) is 8.33. The van der Waals surface area contributed by atoms with Crippen molar-refractivity contribution in [1.29, 1.82) is 0 Å². The summed E-state index contributed by atoms with van der Waals surface area (Å²) in [7, 11) is 0. The first-order chi connectivity index (χ1) is 21.7. The number of aryl methyl sites for hydroxylation is 1. The molecule has 0 saturated carbocycles. The summed E-state index contributed by atoms with van der Waals surface area (Å²) in [6, 6.07) is 21.2. The molecule has 1 aliphatic heterocycles. The first kappa shape index (κ1) is 28.6. The van der Waals surface area contributed by atoms with E-state index in [1.807, 2.05) is 23.6 Å². The Balaban J connectivity index is 0.985. The van der Waals surface area contributed by atoms with Crippen LogP contribution in [0.4, 0.5) is 4.39 Å². The van der Waals surface area contributed by atoms with Gasteiger partial charge in [0.05, 0.1) is 23.8 Å². The van der Waals surface area contributed by atoms with Crippen molar-refractivity contribution in [3.63, 3.8) is 0 Å². The number of benzene rings is 3.